The number of fused-ring (bicyclic) bond motifs is 3. The maximum atomic E-state index is 9.53. The van der Waals surface area contributed by atoms with Crippen molar-refractivity contribution in [2.24, 2.45) is 0 Å². The Morgan fingerprint density at radius 2 is 1.19 bits per heavy atom. The molecule has 0 bridgehead atoms. The molecule has 1 aromatic heterocycles. The molecule has 0 saturated carbocycles. The molecule has 0 aliphatic carbocycles. The lowest BCUT2D eigenvalue weighted by molar-refractivity contribution is 1.50. The Labute approximate surface area is 157 Å². The quantitative estimate of drug-likeness (QED) is 0.448. The topological polar surface area (TPSA) is 95.2 Å². The van der Waals surface area contributed by atoms with Crippen molar-refractivity contribution in [1.29, 1.82) is 21.0 Å². The van der Waals surface area contributed by atoms with Gasteiger partial charge in [0.2, 0.25) is 0 Å². The van der Waals surface area contributed by atoms with Crippen LogP contribution >= 0.6 is 11.3 Å². The molecule has 4 nitrogen and oxygen atoms in total. The van der Waals surface area contributed by atoms with Crippen molar-refractivity contribution < 1.29 is 0 Å². The van der Waals surface area contributed by atoms with Crippen LogP contribution < -0.4 is 10.4 Å². The number of rotatable bonds is 0. The van der Waals surface area contributed by atoms with E-state index in [1.54, 1.807) is 11.3 Å². The summed E-state index contributed by atoms with van der Waals surface area (Å²) in [6.45, 7) is 0. The third-order valence-electron chi connectivity index (χ3n) is 4.54. The number of nitriles is 4. The summed E-state index contributed by atoms with van der Waals surface area (Å²) in [5, 5.41) is 44.9. The van der Waals surface area contributed by atoms with E-state index in [0.29, 0.717) is 32.0 Å². The van der Waals surface area contributed by atoms with E-state index in [9.17, 15) is 21.0 Å². The third-order valence-corrected chi connectivity index (χ3v) is 5.42. The van der Waals surface area contributed by atoms with Crippen molar-refractivity contribution in [3.8, 4) is 24.3 Å². The van der Waals surface area contributed by atoms with E-state index in [1.807, 2.05) is 72.1 Å². The van der Waals surface area contributed by atoms with Gasteiger partial charge in [0.25, 0.3) is 0 Å². The molecular formula is C22H8N4S. The van der Waals surface area contributed by atoms with Crippen LogP contribution in [0.25, 0.3) is 42.8 Å². The molecule has 0 radical (unpaired) electrons. The van der Waals surface area contributed by atoms with Crippen LogP contribution in [0.1, 0.15) is 0 Å². The lowest BCUT2D eigenvalue weighted by Gasteiger charge is -2.08. The molecule has 0 amide bonds. The van der Waals surface area contributed by atoms with E-state index in [4.69, 9.17) is 0 Å². The van der Waals surface area contributed by atoms with Crippen LogP contribution in [0.2, 0.25) is 0 Å². The van der Waals surface area contributed by atoms with Crippen molar-refractivity contribution >= 4 is 54.1 Å². The zero-order chi connectivity index (χ0) is 19.0. The van der Waals surface area contributed by atoms with Gasteiger partial charge in [0.15, 0.2) is 0 Å². The van der Waals surface area contributed by atoms with Gasteiger partial charge < -0.3 is 0 Å². The summed E-state index contributed by atoms with van der Waals surface area (Å²) in [5.41, 5.74) is 0.0157. The van der Waals surface area contributed by atoms with Crippen LogP contribution in [0.3, 0.4) is 0 Å². The Balaban J connectivity index is 2.58. The minimum Gasteiger partial charge on any atom is -0.192 e. The van der Waals surface area contributed by atoms with Crippen LogP contribution in [0.4, 0.5) is 0 Å². The van der Waals surface area contributed by atoms with Crippen molar-refractivity contribution in [3.63, 3.8) is 0 Å². The molecule has 0 spiro atoms. The Hall–Kier alpha value is -4.16. The molecule has 122 valence electrons. The first-order valence-corrected chi connectivity index (χ1v) is 8.82. The van der Waals surface area contributed by atoms with Crippen molar-refractivity contribution in [2.45, 2.75) is 0 Å². The van der Waals surface area contributed by atoms with Gasteiger partial charge in [-0.1, -0.05) is 24.3 Å². The average Bonchev–Trinajstić information content (AvgIpc) is 3.16. The fourth-order valence-corrected chi connectivity index (χ4v) is 4.25. The lowest BCUT2D eigenvalue weighted by Crippen LogP contribution is -2.18. The molecule has 0 fully saturated rings. The molecule has 4 aromatic rings. The second kappa shape index (κ2) is 6.29. The van der Waals surface area contributed by atoms with Crippen molar-refractivity contribution in [1.82, 2.24) is 0 Å². The predicted molar refractivity (Wildman–Crippen MR) is 105 cm³/mol. The summed E-state index contributed by atoms with van der Waals surface area (Å²) < 4.78 is 1.01. The van der Waals surface area contributed by atoms with E-state index >= 15 is 0 Å². The third kappa shape index (κ3) is 2.32. The maximum Gasteiger partial charge on any atom is 0.138 e. The van der Waals surface area contributed by atoms with Crippen LogP contribution in [0, 0.1) is 45.3 Å². The van der Waals surface area contributed by atoms with Gasteiger partial charge in [0.1, 0.15) is 35.4 Å². The first-order valence-electron chi connectivity index (χ1n) is 7.94. The fourth-order valence-electron chi connectivity index (χ4n) is 3.44. The maximum absolute atomic E-state index is 9.53. The minimum absolute atomic E-state index is 0.00722. The van der Waals surface area contributed by atoms with Gasteiger partial charge in [-0.05, 0) is 50.5 Å². The highest BCUT2D eigenvalue weighted by molar-refractivity contribution is 7.17. The van der Waals surface area contributed by atoms with E-state index in [2.05, 4.69) is 0 Å². The summed E-state index contributed by atoms with van der Waals surface area (Å²) in [4.78, 5) is 0. The van der Waals surface area contributed by atoms with Gasteiger partial charge in [-0.2, -0.15) is 21.0 Å². The standard InChI is InChI=1S/C22H8N4S/c23-9-14(10-24)21-16-3-1-2-4-17(16)22(15(11-25)12-26)19-8-20-13(5-6-27-20)7-18(19)21/h1-8H. The van der Waals surface area contributed by atoms with Gasteiger partial charge in [0, 0.05) is 15.1 Å². The average molecular weight is 360 g/mol. The van der Waals surface area contributed by atoms with E-state index in [-0.39, 0.29) is 11.1 Å². The van der Waals surface area contributed by atoms with Crippen LogP contribution in [0.15, 0.2) is 47.8 Å². The highest BCUT2D eigenvalue weighted by Crippen LogP contribution is 2.26. The Bertz CT molecular complexity index is 1410. The van der Waals surface area contributed by atoms with Gasteiger partial charge in [-0.25, -0.2) is 0 Å². The zero-order valence-electron chi connectivity index (χ0n) is 13.8. The fraction of sp³-hybridized carbons (Fsp3) is 0. The highest BCUT2D eigenvalue weighted by Gasteiger charge is 2.13. The zero-order valence-corrected chi connectivity index (χ0v) is 14.6. The van der Waals surface area contributed by atoms with Crippen LogP contribution in [-0.2, 0) is 0 Å². The molecular weight excluding hydrogens is 352 g/mol. The van der Waals surface area contributed by atoms with Gasteiger partial charge >= 0.3 is 0 Å². The normalized spacial score (nSPS) is 10.1. The van der Waals surface area contributed by atoms with Crippen molar-refractivity contribution in [3.05, 3.63) is 58.3 Å². The lowest BCUT2D eigenvalue weighted by atomic mass is 9.93. The van der Waals surface area contributed by atoms with Crippen LogP contribution in [-0.4, -0.2) is 0 Å². The number of thiophene rings is 1. The van der Waals surface area contributed by atoms with Gasteiger partial charge in [-0.15, -0.1) is 11.3 Å². The molecule has 0 aliphatic rings. The first kappa shape index (κ1) is 16.3. The highest BCUT2D eigenvalue weighted by atomic mass is 32.1. The monoisotopic (exact) mass is 360 g/mol. The molecule has 3 aromatic carbocycles. The molecule has 1 heterocycles. The summed E-state index contributed by atoms with van der Waals surface area (Å²) in [6.07, 6.45) is 0. The number of hydrogen-bond donors (Lipinski definition) is 0. The van der Waals surface area contributed by atoms with E-state index < -0.39 is 0 Å². The summed E-state index contributed by atoms with van der Waals surface area (Å²) in [6, 6.07) is 21.0. The molecule has 4 rings (SSSR count). The Morgan fingerprint density at radius 3 is 1.70 bits per heavy atom. The Kier molecular flexibility index (Phi) is 3.80. The first-order chi connectivity index (χ1) is 13.2. The second-order valence-electron chi connectivity index (χ2n) is 5.85. The van der Waals surface area contributed by atoms with E-state index in [0.717, 1.165) is 10.1 Å². The molecule has 0 atom stereocenters. The number of hydrogen-bond acceptors (Lipinski definition) is 5. The number of nitrogens with zero attached hydrogens (tertiary/aromatic N) is 4. The molecule has 0 aliphatic heterocycles. The SMILES string of the molecule is N#CC(C#N)=c1c2ccccc2c(=C(C#N)C#N)c2cc3sccc3cc12. The molecule has 27 heavy (non-hydrogen) atoms. The number of benzene rings is 3. The van der Waals surface area contributed by atoms with Crippen molar-refractivity contribution in [2.75, 3.05) is 0 Å². The minimum atomic E-state index is 0.00722. The molecule has 0 unspecified atom stereocenters. The van der Waals surface area contributed by atoms with Crippen LogP contribution in [0.5, 0.6) is 0 Å². The second-order valence-corrected chi connectivity index (χ2v) is 6.80. The van der Waals surface area contributed by atoms with E-state index in [1.165, 1.54) is 0 Å². The summed E-state index contributed by atoms with van der Waals surface area (Å²) >= 11 is 1.56. The Morgan fingerprint density at radius 1 is 0.667 bits per heavy atom. The van der Waals surface area contributed by atoms with Gasteiger partial charge in [-0.3, -0.25) is 0 Å². The molecule has 0 N–H and O–H groups in total. The summed E-state index contributed by atoms with van der Waals surface area (Å²) in [5.74, 6) is 0. The summed E-state index contributed by atoms with van der Waals surface area (Å²) in [7, 11) is 0. The molecule has 5 heteroatoms. The van der Waals surface area contributed by atoms with Gasteiger partial charge in [0.05, 0.1) is 0 Å². The smallest absolute Gasteiger partial charge is 0.138 e. The predicted octanol–water partition coefficient (Wildman–Crippen LogP) is 3.60. The molecule has 0 saturated heterocycles. The largest absolute Gasteiger partial charge is 0.192 e.